The number of carbonyl (C=O) groups excluding carboxylic acids is 3. The van der Waals surface area contributed by atoms with Crippen molar-refractivity contribution < 1.29 is 28.6 Å². The topological polar surface area (TPSA) is 78.9 Å². The average Bonchev–Trinajstić information content (AvgIpc) is 3.28. The van der Waals surface area contributed by atoms with Gasteiger partial charge in [0.15, 0.2) is 6.10 Å². The lowest BCUT2D eigenvalue weighted by molar-refractivity contribution is -0.167. The minimum atomic E-state index is -0.768. The smallest absolute Gasteiger partial charge is 0.306 e. The third-order valence-electron chi connectivity index (χ3n) is 12.8. The number of esters is 3. The fourth-order valence-corrected chi connectivity index (χ4v) is 8.50. The standard InChI is InChI=1S/C57H108O6/c1-4-7-10-13-16-19-22-25-28-30-32-35-38-41-44-47-50-56(59)62-53-54(52-61-55(58)49-46-43-40-37-34-31-27-24-21-18-15-12-9-6-3)63-57(60)51-48-45-42-39-36-33-29-26-23-20-17-14-11-8-5-2/h26,29,54H,4-25,27-28,30-53H2,1-3H3/b29-26-/t54-/m1/s1. The van der Waals surface area contributed by atoms with Crippen LogP contribution in [0.3, 0.4) is 0 Å². The van der Waals surface area contributed by atoms with Gasteiger partial charge < -0.3 is 14.2 Å². The molecular formula is C57H108O6. The van der Waals surface area contributed by atoms with Gasteiger partial charge in [0.1, 0.15) is 13.2 Å². The normalized spacial score (nSPS) is 12.0. The number of allylic oxidation sites excluding steroid dienone is 2. The number of rotatable bonds is 52. The molecule has 0 aliphatic heterocycles. The quantitative estimate of drug-likeness (QED) is 0.0262. The van der Waals surface area contributed by atoms with Crippen LogP contribution in [0, 0.1) is 0 Å². The second-order valence-electron chi connectivity index (χ2n) is 19.2. The second-order valence-corrected chi connectivity index (χ2v) is 19.2. The van der Waals surface area contributed by atoms with Gasteiger partial charge in [0, 0.05) is 19.3 Å². The number of unbranched alkanes of at least 4 members (excludes halogenated alkanes) is 39. The molecule has 63 heavy (non-hydrogen) atoms. The van der Waals surface area contributed by atoms with Crippen LogP contribution < -0.4 is 0 Å². The number of carbonyl (C=O) groups is 3. The van der Waals surface area contributed by atoms with Crippen molar-refractivity contribution in [3.63, 3.8) is 0 Å². The number of hydrogen-bond acceptors (Lipinski definition) is 6. The van der Waals surface area contributed by atoms with Crippen molar-refractivity contribution in [2.24, 2.45) is 0 Å². The highest BCUT2D eigenvalue weighted by Crippen LogP contribution is 2.17. The number of ether oxygens (including phenoxy) is 3. The van der Waals surface area contributed by atoms with Gasteiger partial charge in [-0.3, -0.25) is 14.4 Å². The molecule has 0 radical (unpaired) electrons. The Balaban J connectivity index is 4.32. The molecule has 0 aromatic carbocycles. The molecule has 1 atom stereocenters. The van der Waals surface area contributed by atoms with Crippen LogP contribution in [0.4, 0.5) is 0 Å². The molecule has 0 N–H and O–H groups in total. The first-order chi connectivity index (χ1) is 31.0. The summed E-state index contributed by atoms with van der Waals surface area (Å²) in [6.07, 6.45) is 59.1. The molecule has 0 bridgehead atoms. The van der Waals surface area contributed by atoms with Gasteiger partial charge in [0.05, 0.1) is 0 Å². The second kappa shape index (κ2) is 52.8. The predicted octanol–water partition coefficient (Wildman–Crippen LogP) is 18.5. The predicted molar refractivity (Wildman–Crippen MR) is 270 cm³/mol. The Bertz CT molecular complexity index is 978. The molecule has 0 aliphatic carbocycles. The molecule has 372 valence electrons. The monoisotopic (exact) mass is 889 g/mol. The van der Waals surface area contributed by atoms with E-state index in [1.807, 2.05) is 0 Å². The van der Waals surface area contributed by atoms with Gasteiger partial charge in [-0.1, -0.05) is 264 Å². The Morgan fingerprint density at radius 2 is 0.524 bits per heavy atom. The van der Waals surface area contributed by atoms with E-state index in [1.54, 1.807) is 0 Å². The summed E-state index contributed by atoms with van der Waals surface area (Å²) < 4.78 is 16.9. The van der Waals surface area contributed by atoms with Crippen molar-refractivity contribution in [1.82, 2.24) is 0 Å². The van der Waals surface area contributed by atoms with Crippen molar-refractivity contribution in [1.29, 1.82) is 0 Å². The van der Waals surface area contributed by atoms with E-state index in [2.05, 4.69) is 32.9 Å². The maximum Gasteiger partial charge on any atom is 0.306 e. The van der Waals surface area contributed by atoms with Crippen LogP contribution in [0.15, 0.2) is 12.2 Å². The summed E-state index contributed by atoms with van der Waals surface area (Å²) in [6, 6.07) is 0. The van der Waals surface area contributed by atoms with E-state index in [4.69, 9.17) is 14.2 Å². The highest BCUT2D eigenvalue weighted by molar-refractivity contribution is 5.71. The van der Waals surface area contributed by atoms with Gasteiger partial charge in [0.25, 0.3) is 0 Å². The fraction of sp³-hybridized carbons (Fsp3) is 0.912. The van der Waals surface area contributed by atoms with Gasteiger partial charge in [-0.25, -0.2) is 0 Å². The largest absolute Gasteiger partial charge is 0.462 e. The van der Waals surface area contributed by atoms with E-state index in [0.29, 0.717) is 19.3 Å². The Hall–Kier alpha value is -1.85. The lowest BCUT2D eigenvalue weighted by atomic mass is 10.0. The van der Waals surface area contributed by atoms with Crippen molar-refractivity contribution in [3.8, 4) is 0 Å². The zero-order valence-corrected chi connectivity index (χ0v) is 42.6. The molecule has 6 heteroatoms. The molecular weight excluding hydrogens is 781 g/mol. The summed E-state index contributed by atoms with van der Waals surface area (Å²) in [7, 11) is 0. The minimum Gasteiger partial charge on any atom is -0.462 e. The average molecular weight is 889 g/mol. The summed E-state index contributed by atoms with van der Waals surface area (Å²) in [4.78, 5) is 38.1. The minimum absolute atomic E-state index is 0.0675. The third-order valence-corrected chi connectivity index (χ3v) is 12.8. The van der Waals surface area contributed by atoms with E-state index in [0.717, 1.165) is 64.2 Å². The van der Waals surface area contributed by atoms with Crippen molar-refractivity contribution >= 4 is 17.9 Å². The summed E-state index contributed by atoms with van der Waals surface area (Å²) >= 11 is 0. The maximum absolute atomic E-state index is 12.8. The van der Waals surface area contributed by atoms with Gasteiger partial charge in [0.2, 0.25) is 0 Å². The van der Waals surface area contributed by atoms with Crippen LogP contribution in [-0.2, 0) is 28.6 Å². The van der Waals surface area contributed by atoms with E-state index in [1.165, 1.54) is 212 Å². The van der Waals surface area contributed by atoms with Crippen molar-refractivity contribution in [2.45, 2.75) is 322 Å². The van der Waals surface area contributed by atoms with Crippen LogP contribution in [0.1, 0.15) is 316 Å². The molecule has 0 rings (SSSR count). The molecule has 0 heterocycles. The Labute approximate surface area is 392 Å². The van der Waals surface area contributed by atoms with Gasteiger partial charge >= 0.3 is 17.9 Å². The van der Waals surface area contributed by atoms with Crippen molar-refractivity contribution in [3.05, 3.63) is 12.2 Å². The molecule has 0 aliphatic rings. The maximum atomic E-state index is 12.8. The molecule has 0 aromatic rings. The first kappa shape index (κ1) is 61.1. The van der Waals surface area contributed by atoms with E-state index in [-0.39, 0.29) is 31.1 Å². The Morgan fingerprint density at radius 1 is 0.302 bits per heavy atom. The number of hydrogen-bond donors (Lipinski definition) is 0. The molecule has 6 nitrogen and oxygen atoms in total. The summed E-state index contributed by atoms with van der Waals surface area (Å²) in [5.74, 6) is -0.853. The summed E-state index contributed by atoms with van der Waals surface area (Å²) in [6.45, 7) is 6.68. The Kier molecular flexibility index (Phi) is 51.2. The van der Waals surface area contributed by atoms with E-state index >= 15 is 0 Å². The first-order valence-electron chi connectivity index (χ1n) is 28.2. The molecule has 0 saturated heterocycles. The first-order valence-corrected chi connectivity index (χ1v) is 28.2. The molecule has 0 saturated carbocycles. The van der Waals surface area contributed by atoms with Crippen LogP contribution in [0.2, 0.25) is 0 Å². The summed E-state index contributed by atoms with van der Waals surface area (Å²) in [5.41, 5.74) is 0. The van der Waals surface area contributed by atoms with Crippen molar-refractivity contribution in [2.75, 3.05) is 13.2 Å². The lowest BCUT2D eigenvalue weighted by Gasteiger charge is -2.18. The lowest BCUT2D eigenvalue weighted by Crippen LogP contribution is -2.30. The third kappa shape index (κ3) is 51.0. The van der Waals surface area contributed by atoms with Crippen LogP contribution >= 0.6 is 0 Å². The van der Waals surface area contributed by atoms with Crippen LogP contribution in [0.5, 0.6) is 0 Å². The molecule has 0 unspecified atom stereocenters. The van der Waals surface area contributed by atoms with Gasteiger partial charge in [-0.15, -0.1) is 0 Å². The highest BCUT2D eigenvalue weighted by atomic mass is 16.6. The SMILES string of the molecule is CCCCCCCC/C=C\CCCCCCCC(=O)O[C@H](COC(=O)CCCCCCCCCCCCCCCC)COC(=O)CCCCCCCCCCCCCCCCCC. The van der Waals surface area contributed by atoms with Crippen LogP contribution in [-0.4, -0.2) is 37.2 Å². The Morgan fingerprint density at radius 3 is 0.794 bits per heavy atom. The molecule has 0 amide bonds. The van der Waals surface area contributed by atoms with Gasteiger partial charge in [-0.2, -0.15) is 0 Å². The molecule has 0 fully saturated rings. The fourth-order valence-electron chi connectivity index (χ4n) is 8.50. The molecule has 0 aromatic heterocycles. The van der Waals surface area contributed by atoms with Gasteiger partial charge in [-0.05, 0) is 44.9 Å². The van der Waals surface area contributed by atoms with E-state index < -0.39 is 6.10 Å². The highest BCUT2D eigenvalue weighted by Gasteiger charge is 2.19. The molecule has 0 spiro atoms. The zero-order valence-electron chi connectivity index (χ0n) is 42.6. The zero-order chi connectivity index (χ0) is 45.8. The van der Waals surface area contributed by atoms with E-state index in [9.17, 15) is 14.4 Å². The van der Waals surface area contributed by atoms with Crippen LogP contribution in [0.25, 0.3) is 0 Å². The summed E-state index contributed by atoms with van der Waals surface area (Å²) in [5, 5.41) is 0.